The molecule has 8 heteroatoms. The van der Waals surface area contributed by atoms with Crippen LogP contribution in [-0.2, 0) is 6.54 Å². The van der Waals surface area contributed by atoms with Crippen LogP contribution in [0.25, 0.3) is 28.5 Å². The number of benzene rings is 3. The zero-order valence-electron chi connectivity index (χ0n) is 21.2. The average molecular weight is 494 g/mol. The summed E-state index contributed by atoms with van der Waals surface area (Å²) in [5.41, 5.74) is 5.83. The van der Waals surface area contributed by atoms with Crippen molar-refractivity contribution in [2.75, 3.05) is 14.2 Å². The van der Waals surface area contributed by atoms with E-state index in [4.69, 9.17) is 14.3 Å². The highest BCUT2D eigenvalue weighted by Crippen LogP contribution is 2.34. The summed E-state index contributed by atoms with van der Waals surface area (Å²) in [5, 5.41) is 13.0. The lowest BCUT2D eigenvalue weighted by atomic mass is 10.1. The molecule has 0 unspecified atom stereocenters. The lowest BCUT2D eigenvalue weighted by molar-refractivity contribution is 0.0785. The Labute approximate surface area is 215 Å². The van der Waals surface area contributed by atoms with E-state index in [0.717, 1.165) is 33.8 Å². The molecule has 0 aliphatic rings. The Morgan fingerprint density at radius 3 is 2.27 bits per heavy atom. The maximum atomic E-state index is 13.1. The number of carbonyl (C=O) groups is 1. The molecule has 0 saturated carbocycles. The third kappa shape index (κ3) is 4.86. The smallest absolute Gasteiger partial charge is 0.268 e. The minimum absolute atomic E-state index is 0.0514. The molecule has 0 fully saturated rings. The maximum absolute atomic E-state index is 13.1. The van der Waals surface area contributed by atoms with Crippen molar-refractivity contribution in [3.8, 4) is 34.3 Å². The topological polar surface area (TPSA) is 86.3 Å². The zero-order chi connectivity index (χ0) is 25.9. The lowest BCUT2D eigenvalue weighted by Crippen LogP contribution is -2.26. The van der Waals surface area contributed by atoms with Crippen LogP contribution in [0.5, 0.6) is 5.75 Å². The molecule has 8 nitrogen and oxygen atoms in total. The lowest BCUT2D eigenvalue weighted by Gasteiger charge is -2.17. The molecule has 2 aromatic heterocycles. The van der Waals surface area contributed by atoms with Gasteiger partial charge in [-0.05, 0) is 61.0 Å². The molecule has 5 rings (SSSR count). The highest BCUT2D eigenvalue weighted by Gasteiger charge is 2.22. The molecule has 3 aromatic carbocycles. The van der Waals surface area contributed by atoms with E-state index >= 15 is 0 Å². The summed E-state index contributed by atoms with van der Waals surface area (Å²) in [4.78, 5) is 14.8. The summed E-state index contributed by atoms with van der Waals surface area (Å²) < 4.78 is 12.9. The number of ether oxygens (including phenoxy) is 1. The molecule has 2 heterocycles. The van der Waals surface area contributed by atoms with Crippen LogP contribution in [0.3, 0.4) is 0 Å². The van der Waals surface area contributed by atoms with Crippen LogP contribution in [0.1, 0.15) is 27.4 Å². The van der Waals surface area contributed by atoms with Gasteiger partial charge in [0.05, 0.1) is 18.5 Å². The Morgan fingerprint density at radius 2 is 1.65 bits per heavy atom. The summed E-state index contributed by atoms with van der Waals surface area (Å²) in [7, 11) is 3.45. The van der Waals surface area contributed by atoms with Crippen molar-refractivity contribution in [3.63, 3.8) is 0 Å². The fraction of sp³-hybridized carbons (Fsp3) is 0.172. The van der Waals surface area contributed by atoms with Crippen LogP contribution in [0.2, 0.25) is 0 Å². The first-order chi connectivity index (χ1) is 17.9. The second-order valence-corrected chi connectivity index (χ2v) is 8.78. The van der Waals surface area contributed by atoms with Crippen LogP contribution in [0.4, 0.5) is 0 Å². The van der Waals surface area contributed by atoms with E-state index in [2.05, 4.69) is 10.2 Å². The first kappa shape index (κ1) is 24.0. The molecular weight excluding hydrogens is 466 g/mol. The first-order valence-electron chi connectivity index (χ1n) is 11.9. The van der Waals surface area contributed by atoms with Crippen molar-refractivity contribution in [2.45, 2.75) is 20.4 Å². The summed E-state index contributed by atoms with van der Waals surface area (Å²) in [6.45, 7) is 4.26. The number of amides is 1. The molecule has 1 amide bonds. The molecule has 0 N–H and O–H groups in total. The van der Waals surface area contributed by atoms with Crippen molar-refractivity contribution in [1.29, 1.82) is 0 Å². The summed E-state index contributed by atoms with van der Waals surface area (Å²) in [6.07, 6.45) is 0. The Kier molecular flexibility index (Phi) is 6.55. The van der Waals surface area contributed by atoms with E-state index in [1.165, 1.54) is 0 Å². The largest absolute Gasteiger partial charge is 0.497 e. The minimum Gasteiger partial charge on any atom is -0.497 e. The molecule has 0 spiro atoms. The molecule has 0 saturated heterocycles. The summed E-state index contributed by atoms with van der Waals surface area (Å²) >= 11 is 0. The van der Waals surface area contributed by atoms with Gasteiger partial charge < -0.3 is 14.1 Å². The number of aromatic nitrogens is 4. The normalized spacial score (nSPS) is 10.9. The molecule has 5 aromatic rings. The summed E-state index contributed by atoms with van der Waals surface area (Å²) in [6, 6.07) is 25.2. The highest BCUT2D eigenvalue weighted by molar-refractivity contribution is 5.94. The predicted molar refractivity (Wildman–Crippen MR) is 141 cm³/mol. The van der Waals surface area contributed by atoms with E-state index in [-0.39, 0.29) is 5.91 Å². The van der Waals surface area contributed by atoms with Crippen LogP contribution in [0, 0.1) is 13.8 Å². The molecule has 0 bridgehead atoms. The van der Waals surface area contributed by atoms with Crippen molar-refractivity contribution in [3.05, 3.63) is 101 Å². The third-order valence-corrected chi connectivity index (χ3v) is 6.18. The van der Waals surface area contributed by atoms with Gasteiger partial charge in [-0.15, -0.1) is 10.2 Å². The van der Waals surface area contributed by atoms with Crippen LogP contribution < -0.4 is 4.74 Å². The van der Waals surface area contributed by atoms with Gasteiger partial charge in [0.2, 0.25) is 5.89 Å². The van der Waals surface area contributed by atoms with Gasteiger partial charge in [-0.3, -0.25) is 4.79 Å². The Morgan fingerprint density at radius 1 is 0.946 bits per heavy atom. The Hall–Kier alpha value is -4.72. The molecule has 0 radical (unpaired) electrons. The van der Waals surface area contributed by atoms with Gasteiger partial charge in [0.25, 0.3) is 11.8 Å². The first-order valence-corrected chi connectivity index (χ1v) is 11.9. The standard InChI is InChI=1S/C29H27N5O3/c1-19-26(28-31-30-20(2)37-28)32-34(27(19)22-12-16-25(36-4)17-13-22)24-14-10-23(11-15-24)29(35)33(3)18-21-8-6-5-7-9-21/h5-17H,18H2,1-4H3. The van der Waals surface area contributed by atoms with Gasteiger partial charge in [0.1, 0.15) is 5.75 Å². The zero-order valence-corrected chi connectivity index (χ0v) is 21.2. The van der Waals surface area contributed by atoms with Crippen LogP contribution in [-0.4, -0.2) is 44.9 Å². The Bertz CT molecular complexity index is 1520. The fourth-order valence-electron chi connectivity index (χ4n) is 4.26. The van der Waals surface area contributed by atoms with E-state index in [1.807, 2.05) is 90.5 Å². The predicted octanol–water partition coefficient (Wildman–Crippen LogP) is 5.49. The van der Waals surface area contributed by atoms with Crippen molar-refractivity contribution in [2.24, 2.45) is 0 Å². The minimum atomic E-state index is -0.0514. The van der Waals surface area contributed by atoms with Gasteiger partial charge in [-0.2, -0.15) is 5.10 Å². The fourth-order valence-corrected chi connectivity index (χ4v) is 4.26. The van der Waals surface area contributed by atoms with E-state index in [0.29, 0.717) is 29.6 Å². The molecule has 0 aliphatic carbocycles. The van der Waals surface area contributed by atoms with E-state index in [1.54, 1.807) is 26.0 Å². The number of hydrogen-bond acceptors (Lipinski definition) is 6. The van der Waals surface area contributed by atoms with Gasteiger partial charge in [-0.1, -0.05) is 30.3 Å². The number of rotatable bonds is 7. The average Bonchev–Trinajstić information content (AvgIpc) is 3.51. The molecule has 186 valence electrons. The van der Waals surface area contributed by atoms with Crippen molar-refractivity contribution >= 4 is 5.91 Å². The van der Waals surface area contributed by atoms with E-state index in [9.17, 15) is 4.79 Å². The molecule has 0 aliphatic heterocycles. The number of carbonyl (C=O) groups excluding carboxylic acids is 1. The quantitative estimate of drug-likeness (QED) is 0.298. The van der Waals surface area contributed by atoms with Crippen molar-refractivity contribution in [1.82, 2.24) is 24.9 Å². The number of aryl methyl sites for hydroxylation is 1. The SMILES string of the molecule is COc1ccc(-c2c(C)c(-c3nnc(C)o3)nn2-c2ccc(C(=O)N(C)Cc3ccccc3)cc2)cc1. The maximum Gasteiger partial charge on any atom is 0.268 e. The van der Waals surface area contributed by atoms with Crippen molar-refractivity contribution < 1.29 is 13.9 Å². The third-order valence-electron chi connectivity index (χ3n) is 6.18. The summed E-state index contributed by atoms with van der Waals surface area (Å²) in [5.74, 6) is 1.54. The van der Waals surface area contributed by atoms with E-state index < -0.39 is 0 Å². The Balaban J connectivity index is 1.50. The van der Waals surface area contributed by atoms with Gasteiger partial charge in [0.15, 0.2) is 5.69 Å². The number of hydrogen-bond donors (Lipinski definition) is 0. The van der Waals surface area contributed by atoms with Crippen LogP contribution >= 0.6 is 0 Å². The van der Waals surface area contributed by atoms with Gasteiger partial charge in [-0.25, -0.2) is 4.68 Å². The number of methoxy groups -OCH3 is 1. The van der Waals surface area contributed by atoms with Gasteiger partial charge >= 0.3 is 0 Å². The van der Waals surface area contributed by atoms with Gasteiger partial charge in [0, 0.05) is 37.2 Å². The highest BCUT2D eigenvalue weighted by atomic mass is 16.5. The molecule has 0 atom stereocenters. The monoisotopic (exact) mass is 493 g/mol. The molecule has 37 heavy (non-hydrogen) atoms. The number of nitrogens with zero attached hydrogens (tertiary/aromatic N) is 5. The second kappa shape index (κ2) is 10.1. The molecular formula is C29H27N5O3. The second-order valence-electron chi connectivity index (χ2n) is 8.78. The van der Waals surface area contributed by atoms with Crippen LogP contribution in [0.15, 0.2) is 83.3 Å².